The number of thioether (sulfide) groups is 1. The maximum Gasteiger partial charge on any atom is 0.231 e. The SMILES string of the molecule is Cc1nc(SCC(=O)N[C@@H](c2ccc(F)cc2)c2cccs2)n(C[C@@H]2CCCO2)c1C. The normalized spacial score (nSPS) is 17.1. The van der Waals surface area contributed by atoms with E-state index in [4.69, 9.17) is 4.74 Å². The first-order chi connectivity index (χ1) is 15.0. The van der Waals surface area contributed by atoms with Crippen LogP contribution in [0.15, 0.2) is 46.9 Å². The van der Waals surface area contributed by atoms with Crippen molar-refractivity contribution in [3.8, 4) is 0 Å². The number of nitrogens with one attached hydrogen (secondary N) is 1. The molecule has 31 heavy (non-hydrogen) atoms. The second-order valence-corrected chi connectivity index (χ2v) is 9.59. The van der Waals surface area contributed by atoms with E-state index < -0.39 is 0 Å². The van der Waals surface area contributed by atoms with Crippen LogP contribution in [0.5, 0.6) is 0 Å². The zero-order valence-electron chi connectivity index (χ0n) is 17.6. The van der Waals surface area contributed by atoms with Crippen LogP contribution in [0.1, 0.15) is 40.7 Å². The summed E-state index contributed by atoms with van der Waals surface area (Å²) in [6.07, 6.45) is 2.36. The van der Waals surface area contributed by atoms with E-state index in [0.29, 0.717) is 0 Å². The van der Waals surface area contributed by atoms with E-state index in [9.17, 15) is 9.18 Å². The number of imidazole rings is 1. The molecular weight excluding hydrogens is 433 g/mol. The molecule has 0 spiro atoms. The molecule has 0 aliphatic carbocycles. The van der Waals surface area contributed by atoms with Gasteiger partial charge in [-0.1, -0.05) is 30.0 Å². The van der Waals surface area contributed by atoms with Crippen molar-refractivity contribution in [1.82, 2.24) is 14.9 Å². The maximum absolute atomic E-state index is 13.4. The third kappa shape index (κ3) is 5.37. The number of thiophene rings is 1. The van der Waals surface area contributed by atoms with Crippen LogP contribution >= 0.6 is 23.1 Å². The number of carbonyl (C=O) groups is 1. The number of aryl methyl sites for hydroxylation is 1. The van der Waals surface area contributed by atoms with Crippen LogP contribution in [0.3, 0.4) is 0 Å². The van der Waals surface area contributed by atoms with Crippen molar-refractivity contribution in [1.29, 1.82) is 0 Å². The number of ether oxygens (including phenoxy) is 1. The molecule has 8 heteroatoms. The lowest BCUT2D eigenvalue weighted by Gasteiger charge is -2.18. The molecule has 2 aromatic heterocycles. The summed E-state index contributed by atoms with van der Waals surface area (Å²) in [6, 6.07) is 9.90. The average Bonchev–Trinajstić information content (AvgIpc) is 3.51. The molecule has 1 N–H and O–H groups in total. The summed E-state index contributed by atoms with van der Waals surface area (Å²) in [5.41, 5.74) is 2.94. The van der Waals surface area contributed by atoms with Gasteiger partial charge >= 0.3 is 0 Å². The van der Waals surface area contributed by atoms with Crippen LogP contribution in [-0.2, 0) is 16.1 Å². The molecule has 1 aromatic carbocycles. The molecule has 1 amide bonds. The van der Waals surface area contributed by atoms with Crippen LogP contribution in [-0.4, -0.2) is 33.9 Å². The van der Waals surface area contributed by atoms with Gasteiger partial charge in [0.25, 0.3) is 0 Å². The van der Waals surface area contributed by atoms with Crippen molar-refractivity contribution in [2.24, 2.45) is 0 Å². The number of hydrogen-bond donors (Lipinski definition) is 1. The zero-order valence-corrected chi connectivity index (χ0v) is 19.3. The molecule has 1 aliphatic rings. The van der Waals surface area contributed by atoms with Crippen LogP contribution in [0, 0.1) is 19.7 Å². The molecule has 3 aromatic rings. The van der Waals surface area contributed by atoms with Crippen molar-refractivity contribution in [3.05, 3.63) is 69.4 Å². The minimum absolute atomic E-state index is 0.0882. The van der Waals surface area contributed by atoms with Gasteiger partial charge < -0.3 is 14.6 Å². The Hall–Kier alpha value is -2.16. The van der Waals surface area contributed by atoms with Crippen molar-refractivity contribution >= 4 is 29.0 Å². The lowest BCUT2D eigenvalue weighted by Crippen LogP contribution is -2.30. The molecule has 0 saturated carbocycles. The summed E-state index contributed by atoms with van der Waals surface area (Å²) in [7, 11) is 0. The van der Waals surface area contributed by atoms with Gasteiger partial charge in [-0.2, -0.15) is 0 Å². The lowest BCUT2D eigenvalue weighted by molar-refractivity contribution is -0.119. The molecule has 164 valence electrons. The zero-order chi connectivity index (χ0) is 21.8. The monoisotopic (exact) mass is 459 g/mol. The Balaban J connectivity index is 1.44. The molecular formula is C23H26FN3O2S2. The summed E-state index contributed by atoms with van der Waals surface area (Å²) in [5, 5.41) is 5.92. The quantitative estimate of drug-likeness (QED) is 0.488. The van der Waals surface area contributed by atoms with Gasteiger partial charge in [0.05, 0.1) is 30.1 Å². The fourth-order valence-electron chi connectivity index (χ4n) is 3.70. The number of hydrogen-bond acceptors (Lipinski definition) is 5. The third-order valence-electron chi connectivity index (χ3n) is 5.50. The van der Waals surface area contributed by atoms with Gasteiger partial charge in [-0.3, -0.25) is 4.79 Å². The van der Waals surface area contributed by atoms with Gasteiger partial charge in [-0.05, 0) is 55.8 Å². The lowest BCUT2D eigenvalue weighted by atomic mass is 10.1. The highest BCUT2D eigenvalue weighted by Gasteiger charge is 2.22. The van der Waals surface area contributed by atoms with Crippen molar-refractivity contribution in [2.75, 3.05) is 12.4 Å². The summed E-state index contributed by atoms with van der Waals surface area (Å²) in [4.78, 5) is 18.5. The highest BCUT2D eigenvalue weighted by molar-refractivity contribution is 7.99. The van der Waals surface area contributed by atoms with Crippen molar-refractivity contribution in [3.63, 3.8) is 0 Å². The van der Waals surface area contributed by atoms with Crippen LogP contribution in [0.25, 0.3) is 0 Å². The van der Waals surface area contributed by atoms with E-state index in [2.05, 4.69) is 21.8 Å². The Labute approximate surface area is 190 Å². The molecule has 5 nitrogen and oxygen atoms in total. The molecule has 1 aliphatic heterocycles. The molecule has 1 fully saturated rings. The molecule has 0 unspecified atom stereocenters. The average molecular weight is 460 g/mol. The van der Waals surface area contributed by atoms with Crippen LogP contribution in [0.4, 0.5) is 4.39 Å². The maximum atomic E-state index is 13.4. The second kappa shape index (κ2) is 9.97. The number of benzene rings is 1. The van der Waals surface area contributed by atoms with Crippen LogP contribution < -0.4 is 5.32 Å². The van der Waals surface area contributed by atoms with Gasteiger partial charge in [0.1, 0.15) is 5.82 Å². The van der Waals surface area contributed by atoms with Crippen LogP contribution in [0.2, 0.25) is 0 Å². The minimum Gasteiger partial charge on any atom is -0.376 e. The molecule has 1 saturated heterocycles. The minimum atomic E-state index is -0.302. The summed E-state index contributed by atoms with van der Waals surface area (Å²) in [5.74, 6) is -0.126. The van der Waals surface area contributed by atoms with Gasteiger partial charge in [-0.25, -0.2) is 9.37 Å². The Morgan fingerprint density at radius 2 is 2.16 bits per heavy atom. The van der Waals surface area contributed by atoms with Gasteiger partial charge in [0.2, 0.25) is 5.91 Å². The van der Waals surface area contributed by atoms with E-state index in [-0.39, 0.29) is 29.6 Å². The number of halogens is 1. The van der Waals surface area contributed by atoms with E-state index in [0.717, 1.165) is 53.0 Å². The number of amides is 1. The Morgan fingerprint density at radius 3 is 2.84 bits per heavy atom. The molecule has 0 bridgehead atoms. The Morgan fingerprint density at radius 1 is 1.35 bits per heavy atom. The standard InChI is InChI=1S/C23H26FN3O2S2/c1-15-16(2)27(13-19-5-3-11-29-19)23(25-15)31-14-21(28)26-22(20-6-4-12-30-20)17-7-9-18(24)10-8-17/h4,6-10,12,19,22H,3,5,11,13-14H2,1-2H3,(H,26,28)/t19-,22-/m0/s1. The van der Waals surface area contributed by atoms with E-state index in [1.165, 1.54) is 23.9 Å². The van der Waals surface area contributed by atoms with Gasteiger partial charge in [0.15, 0.2) is 5.16 Å². The first kappa shape index (κ1) is 22.0. The Kier molecular flexibility index (Phi) is 7.09. The first-order valence-electron chi connectivity index (χ1n) is 10.4. The first-order valence-corrected chi connectivity index (χ1v) is 12.2. The topological polar surface area (TPSA) is 56.2 Å². The predicted molar refractivity (Wildman–Crippen MR) is 122 cm³/mol. The number of aromatic nitrogens is 2. The van der Waals surface area contributed by atoms with Gasteiger partial charge in [0, 0.05) is 17.2 Å². The van der Waals surface area contributed by atoms with E-state index in [1.807, 2.05) is 24.4 Å². The number of nitrogens with zero attached hydrogens (tertiary/aromatic N) is 2. The summed E-state index contributed by atoms with van der Waals surface area (Å²) in [6.45, 7) is 5.63. The van der Waals surface area contributed by atoms with Crippen molar-refractivity contribution in [2.45, 2.75) is 50.5 Å². The van der Waals surface area contributed by atoms with E-state index in [1.54, 1.807) is 23.5 Å². The fraction of sp³-hybridized carbons (Fsp3) is 0.391. The molecule has 2 atom stereocenters. The predicted octanol–water partition coefficient (Wildman–Crippen LogP) is 4.88. The highest BCUT2D eigenvalue weighted by Crippen LogP contribution is 2.28. The summed E-state index contributed by atoms with van der Waals surface area (Å²) >= 11 is 3.00. The summed E-state index contributed by atoms with van der Waals surface area (Å²) < 4.78 is 21.3. The molecule has 4 rings (SSSR count). The highest BCUT2D eigenvalue weighted by atomic mass is 32.2. The Bertz CT molecular complexity index is 1010. The number of carbonyl (C=O) groups excluding carboxylic acids is 1. The smallest absolute Gasteiger partial charge is 0.231 e. The van der Waals surface area contributed by atoms with Gasteiger partial charge in [-0.15, -0.1) is 11.3 Å². The largest absolute Gasteiger partial charge is 0.376 e. The second-order valence-electron chi connectivity index (χ2n) is 7.67. The van der Waals surface area contributed by atoms with Crippen molar-refractivity contribution < 1.29 is 13.9 Å². The molecule has 3 heterocycles. The molecule has 0 radical (unpaired) electrons. The van der Waals surface area contributed by atoms with E-state index >= 15 is 0 Å². The fourth-order valence-corrected chi connectivity index (χ4v) is 5.42. The third-order valence-corrected chi connectivity index (χ3v) is 7.42. The number of rotatable bonds is 8.